The van der Waals surface area contributed by atoms with E-state index in [0.717, 1.165) is 12.1 Å². The maximum Gasteiger partial charge on any atom is 0.267 e. The van der Waals surface area contributed by atoms with Gasteiger partial charge in [0.1, 0.15) is 5.82 Å². The number of benzene rings is 2. The highest BCUT2D eigenvalue weighted by Crippen LogP contribution is 2.28. The number of rotatable bonds is 6. The first-order chi connectivity index (χ1) is 15.6. The van der Waals surface area contributed by atoms with Gasteiger partial charge in [-0.05, 0) is 54.8 Å². The zero-order valence-electron chi connectivity index (χ0n) is 17.6. The lowest BCUT2D eigenvalue weighted by Crippen LogP contribution is -2.48. The van der Waals surface area contributed by atoms with Gasteiger partial charge in [0.25, 0.3) is 11.8 Å². The topological polar surface area (TPSA) is 86.8 Å². The first kappa shape index (κ1) is 23.9. The molecule has 0 radical (unpaired) electrons. The molecule has 2 aromatic carbocycles. The molecule has 11 heteroatoms. The van der Waals surface area contributed by atoms with E-state index in [0.29, 0.717) is 61.7 Å². The summed E-state index contributed by atoms with van der Waals surface area (Å²) in [6.45, 7) is 2.47. The molecule has 1 heterocycles. The Bertz CT molecular complexity index is 1180. The molecular weight excluding hydrogens is 492 g/mol. The third kappa shape index (κ3) is 5.66. The van der Waals surface area contributed by atoms with Crippen LogP contribution in [0.4, 0.5) is 4.39 Å². The Kier molecular flexibility index (Phi) is 6.95. The minimum Gasteiger partial charge on any atom is -0.336 e. The highest BCUT2D eigenvalue weighted by Gasteiger charge is 2.37. The first-order valence-corrected chi connectivity index (χ1v) is 12.8. The maximum absolute atomic E-state index is 14.6. The van der Waals surface area contributed by atoms with Crippen LogP contribution in [0.15, 0.2) is 36.4 Å². The minimum absolute atomic E-state index is 0.0769. The molecule has 1 aliphatic carbocycles. The fraction of sp³-hybridized carbons (Fsp3) is 0.364. The summed E-state index contributed by atoms with van der Waals surface area (Å²) in [6, 6.07) is 9.04. The van der Waals surface area contributed by atoms with Gasteiger partial charge >= 0.3 is 0 Å². The Morgan fingerprint density at radius 1 is 1.03 bits per heavy atom. The van der Waals surface area contributed by atoms with Crippen molar-refractivity contribution in [3.8, 4) is 0 Å². The van der Waals surface area contributed by atoms with Crippen LogP contribution in [0.1, 0.15) is 39.1 Å². The van der Waals surface area contributed by atoms with Gasteiger partial charge in [0.2, 0.25) is 10.0 Å². The first-order valence-electron chi connectivity index (χ1n) is 10.4. The summed E-state index contributed by atoms with van der Waals surface area (Å²) >= 11 is 12.2. The summed E-state index contributed by atoms with van der Waals surface area (Å²) in [5, 5.41) is 0.142. The highest BCUT2D eigenvalue weighted by molar-refractivity contribution is 7.91. The molecule has 0 spiro atoms. The Hall–Kier alpha value is -2.20. The van der Waals surface area contributed by atoms with Crippen LogP contribution >= 0.6 is 23.2 Å². The zero-order valence-corrected chi connectivity index (χ0v) is 19.9. The average molecular weight is 514 g/mol. The van der Waals surface area contributed by atoms with Crippen LogP contribution in [-0.4, -0.2) is 61.5 Å². The molecule has 7 nitrogen and oxygen atoms in total. The molecular formula is C22H22Cl2FN3O4S. The van der Waals surface area contributed by atoms with E-state index in [4.69, 9.17) is 23.2 Å². The van der Waals surface area contributed by atoms with Crippen LogP contribution in [0.3, 0.4) is 0 Å². The second kappa shape index (κ2) is 9.58. The number of nitrogens with zero attached hydrogens (tertiary/aromatic N) is 2. The summed E-state index contributed by atoms with van der Waals surface area (Å²) in [5.41, 5.74) is 0.634. The van der Waals surface area contributed by atoms with Crippen LogP contribution in [0.25, 0.3) is 0 Å². The quantitative estimate of drug-likeness (QED) is 0.640. The van der Waals surface area contributed by atoms with Crippen molar-refractivity contribution in [3.63, 3.8) is 0 Å². The van der Waals surface area contributed by atoms with Gasteiger partial charge in [0.15, 0.2) is 0 Å². The van der Waals surface area contributed by atoms with Gasteiger partial charge in [-0.1, -0.05) is 23.2 Å². The molecule has 2 fully saturated rings. The van der Waals surface area contributed by atoms with E-state index in [-0.39, 0.29) is 10.9 Å². The summed E-state index contributed by atoms with van der Waals surface area (Å²) in [6.07, 6.45) is 0.979. The summed E-state index contributed by atoms with van der Waals surface area (Å²) < 4.78 is 40.4. The van der Waals surface area contributed by atoms with E-state index in [1.807, 2.05) is 9.62 Å². The number of nitrogens with one attached hydrogen (secondary N) is 1. The van der Waals surface area contributed by atoms with E-state index in [9.17, 15) is 22.4 Å². The molecule has 0 aromatic heterocycles. The third-order valence-corrected chi connectivity index (χ3v) is 8.15. The van der Waals surface area contributed by atoms with Gasteiger partial charge in [0, 0.05) is 48.3 Å². The molecule has 2 aromatic rings. The van der Waals surface area contributed by atoms with Gasteiger partial charge < -0.3 is 4.90 Å². The number of carbonyl (C=O) groups excluding carboxylic acids is 2. The number of piperazine rings is 1. The summed E-state index contributed by atoms with van der Waals surface area (Å²) in [4.78, 5) is 28.7. The molecule has 33 heavy (non-hydrogen) atoms. The van der Waals surface area contributed by atoms with Gasteiger partial charge in [-0.2, -0.15) is 0 Å². The van der Waals surface area contributed by atoms with Crippen molar-refractivity contribution in [1.29, 1.82) is 0 Å². The van der Waals surface area contributed by atoms with Gasteiger partial charge in [0.05, 0.1) is 10.8 Å². The molecule has 1 saturated heterocycles. The second-order valence-corrected chi connectivity index (χ2v) is 11.0. The molecule has 1 aliphatic heterocycles. The van der Waals surface area contributed by atoms with E-state index >= 15 is 0 Å². The van der Waals surface area contributed by atoms with Crippen molar-refractivity contribution in [2.45, 2.75) is 24.6 Å². The van der Waals surface area contributed by atoms with Crippen LogP contribution in [-0.2, 0) is 16.6 Å². The Morgan fingerprint density at radius 2 is 1.67 bits per heavy atom. The van der Waals surface area contributed by atoms with Crippen molar-refractivity contribution in [1.82, 2.24) is 14.5 Å². The van der Waals surface area contributed by atoms with Crippen molar-refractivity contribution in [2.24, 2.45) is 0 Å². The summed E-state index contributed by atoms with van der Waals surface area (Å²) in [7, 11) is -3.79. The Balaban J connectivity index is 1.36. The van der Waals surface area contributed by atoms with Crippen molar-refractivity contribution >= 4 is 45.0 Å². The number of hydrogen-bond acceptors (Lipinski definition) is 5. The molecule has 0 unspecified atom stereocenters. The predicted octanol–water partition coefficient (Wildman–Crippen LogP) is 3.31. The lowest BCUT2D eigenvalue weighted by Gasteiger charge is -2.35. The maximum atomic E-state index is 14.6. The van der Waals surface area contributed by atoms with Crippen LogP contribution < -0.4 is 4.72 Å². The molecule has 2 amide bonds. The van der Waals surface area contributed by atoms with Gasteiger partial charge in [-0.15, -0.1) is 0 Å². The fourth-order valence-electron chi connectivity index (χ4n) is 3.65. The summed E-state index contributed by atoms with van der Waals surface area (Å²) in [5.74, 6) is -1.94. The van der Waals surface area contributed by atoms with E-state index in [1.165, 1.54) is 0 Å². The number of hydrogen-bond donors (Lipinski definition) is 1. The van der Waals surface area contributed by atoms with Crippen LogP contribution in [0.5, 0.6) is 0 Å². The fourth-order valence-corrected chi connectivity index (χ4v) is 5.30. The van der Waals surface area contributed by atoms with E-state index in [2.05, 4.69) is 0 Å². The highest BCUT2D eigenvalue weighted by atomic mass is 35.5. The lowest BCUT2D eigenvalue weighted by molar-refractivity contribution is 0.0628. The standard InChI is InChI=1S/C22H22Cl2FN3O4S/c23-16-3-1-14(2-4-16)22(30)28-9-7-27(8-10-28)13-15-11-20(25)18(12-19(15)24)21(29)26-33(31,32)17-5-6-17/h1-4,11-12,17H,5-10,13H2,(H,26,29). The molecule has 1 N–H and O–H groups in total. The SMILES string of the molecule is O=C(NS(=O)(=O)C1CC1)c1cc(Cl)c(CN2CCN(C(=O)c3ccc(Cl)cc3)CC2)cc1F. The number of halogens is 3. The predicted molar refractivity (Wildman–Crippen MR) is 123 cm³/mol. The van der Waals surface area contributed by atoms with Crippen molar-refractivity contribution in [2.75, 3.05) is 26.2 Å². The molecule has 1 saturated carbocycles. The van der Waals surface area contributed by atoms with Crippen LogP contribution in [0.2, 0.25) is 10.0 Å². The van der Waals surface area contributed by atoms with E-state index in [1.54, 1.807) is 29.2 Å². The van der Waals surface area contributed by atoms with Crippen molar-refractivity contribution in [3.05, 3.63) is 69.0 Å². The number of amides is 2. The molecule has 176 valence electrons. The number of carbonyl (C=O) groups is 2. The largest absolute Gasteiger partial charge is 0.336 e. The Morgan fingerprint density at radius 3 is 2.27 bits per heavy atom. The van der Waals surface area contributed by atoms with E-state index < -0.39 is 32.6 Å². The van der Waals surface area contributed by atoms with Gasteiger partial charge in [-0.3, -0.25) is 14.5 Å². The second-order valence-electron chi connectivity index (χ2n) is 8.17. The zero-order chi connectivity index (χ0) is 23.8. The molecule has 0 bridgehead atoms. The Labute approximate surface area is 201 Å². The van der Waals surface area contributed by atoms with Crippen molar-refractivity contribution < 1.29 is 22.4 Å². The molecule has 4 rings (SSSR count). The number of sulfonamides is 1. The average Bonchev–Trinajstić information content (AvgIpc) is 3.62. The van der Waals surface area contributed by atoms with Gasteiger partial charge in [-0.25, -0.2) is 17.5 Å². The normalized spacial score (nSPS) is 17.1. The third-order valence-electron chi connectivity index (χ3n) is 5.72. The monoisotopic (exact) mass is 513 g/mol. The molecule has 0 atom stereocenters. The lowest BCUT2D eigenvalue weighted by atomic mass is 10.1. The molecule has 2 aliphatic rings. The minimum atomic E-state index is -3.79. The van der Waals surface area contributed by atoms with Crippen LogP contribution in [0, 0.1) is 5.82 Å². The smallest absolute Gasteiger partial charge is 0.267 e.